The lowest BCUT2D eigenvalue weighted by atomic mass is 10.2. The number of anilines is 2. The summed E-state index contributed by atoms with van der Waals surface area (Å²) in [6, 6.07) is 0. The fraction of sp³-hybridized carbons (Fsp3) is 0.308. The lowest BCUT2D eigenvalue weighted by molar-refractivity contribution is -0.117. The summed E-state index contributed by atoms with van der Waals surface area (Å²) in [7, 11) is 0. The molecule has 1 aliphatic heterocycles. The van der Waals surface area contributed by atoms with E-state index in [0.29, 0.717) is 24.5 Å². The minimum Gasteiger partial charge on any atom is -0.368 e. The molecule has 2 aromatic heterocycles. The summed E-state index contributed by atoms with van der Waals surface area (Å²) < 4.78 is 0. The first-order valence-electron chi connectivity index (χ1n) is 6.25. The van der Waals surface area contributed by atoms with E-state index < -0.39 is 0 Å². The van der Waals surface area contributed by atoms with Crippen molar-refractivity contribution in [1.82, 2.24) is 19.9 Å². The first-order chi connectivity index (χ1) is 9.54. The van der Waals surface area contributed by atoms with Crippen molar-refractivity contribution in [3.05, 3.63) is 35.0 Å². The van der Waals surface area contributed by atoms with Crippen LogP contribution < -0.4 is 10.6 Å². The van der Waals surface area contributed by atoms with Crippen LogP contribution in [0.4, 0.5) is 11.8 Å². The van der Waals surface area contributed by atoms with Crippen LogP contribution in [0.3, 0.4) is 0 Å². The average Bonchev–Trinajstić information content (AvgIpc) is 2.70. The molecule has 0 saturated heterocycles. The summed E-state index contributed by atoms with van der Waals surface area (Å²) in [5, 5.41) is 0. The van der Waals surface area contributed by atoms with E-state index in [9.17, 15) is 4.79 Å². The topological polar surface area (TPSA) is 97.9 Å². The van der Waals surface area contributed by atoms with Crippen LogP contribution in [0.2, 0.25) is 0 Å². The third-order valence-corrected chi connectivity index (χ3v) is 3.25. The van der Waals surface area contributed by atoms with Gasteiger partial charge in [0.05, 0.1) is 30.6 Å². The smallest absolute Gasteiger partial charge is 0.233 e. The molecule has 3 heterocycles. The minimum atomic E-state index is -0.0228. The Hall–Kier alpha value is -2.57. The van der Waals surface area contributed by atoms with Gasteiger partial charge in [0.1, 0.15) is 5.82 Å². The summed E-state index contributed by atoms with van der Waals surface area (Å²) >= 11 is 0. The molecule has 0 atom stereocenters. The highest BCUT2D eigenvalue weighted by atomic mass is 16.2. The number of amides is 1. The Morgan fingerprint density at radius 2 is 2.05 bits per heavy atom. The predicted octanol–water partition coefficient (Wildman–Crippen LogP) is 0.555. The zero-order valence-electron chi connectivity index (χ0n) is 11.3. The fourth-order valence-electron chi connectivity index (χ4n) is 2.22. The standard InChI is InChI=1S/C13H14N6O/c1-7-4-16-9(5-15-7)6-19-11(20)3-10-8(2)17-13(14)18-12(10)19/h4-5H,3,6H2,1-2H3,(H2,14,17,18). The molecule has 7 heteroatoms. The Morgan fingerprint density at radius 1 is 1.25 bits per heavy atom. The van der Waals surface area contributed by atoms with Crippen molar-refractivity contribution in [3.8, 4) is 0 Å². The summed E-state index contributed by atoms with van der Waals surface area (Å²) in [5.41, 5.74) is 8.80. The number of nitrogens with two attached hydrogens (primary N) is 1. The van der Waals surface area contributed by atoms with E-state index in [-0.39, 0.29) is 11.9 Å². The summed E-state index contributed by atoms with van der Waals surface area (Å²) in [6.45, 7) is 4.04. The Balaban J connectivity index is 1.96. The normalized spacial score (nSPS) is 13.7. The van der Waals surface area contributed by atoms with E-state index >= 15 is 0 Å². The molecule has 3 rings (SSSR count). The van der Waals surface area contributed by atoms with Crippen molar-refractivity contribution in [2.24, 2.45) is 0 Å². The molecule has 0 saturated carbocycles. The molecule has 0 aliphatic carbocycles. The van der Waals surface area contributed by atoms with Crippen molar-refractivity contribution in [1.29, 1.82) is 0 Å². The van der Waals surface area contributed by atoms with Gasteiger partial charge in [0.25, 0.3) is 0 Å². The number of fused-ring (bicyclic) bond motifs is 1. The predicted molar refractivity (Wildman–Crippen MR) is 72.8 cm³/mol. The number of aryl methyl sites for hydroxylation is 2. The highest BCUT2D eigenvalue weighted by molar-refractivity contribution is 6.00. The molecule has 2 aromatic rings. The fourth-order valence-corrected chi connectivity index (χ4v) is 2.22. The molecule has 0 bridgehead atoms. The van der Waals surface area contributed by atoms with E-state index in [4.69, 9.17) is 5.73 Å². The summed E-state index contributed by atoms with van der Waals surface area (Å²) in [4.78, 5) is 30.4. The molecular weight excluding hydrogens is 256 g/mol. The molecular formula is C13H14N6O. The second-order valence-electron chi connectivity index (χ2n) is 4.78. The molecule has 0 spiro atoms. The SMILES string of the molecule is Cc1cnc(CN2C(=O)Cc3c(C)nc(N)nc32)cn1. The summed E-state index contributed by atoms with van der Waals surface area (Å²) in [6.07, 6.45) is 3.65. The van der Waals surface area contributed by atoms with Crippen LogP contribution in [0, 0.1) is 13.8 Å². The molecule has 0 unspecified atom stereocenters. The second kappa shape index (κ2) is 4.52. The Morgan fingerprint density at radius 3 is 2.75 bits per heavy atom. The number of hydrogen-bond acceptors (Lipinski definition) is 6. The third-order valence-electron chi connectivity index (χ3n) is 3.25. The van der Waals surface area contributed by atoms with E-state index in [1.54, 1.807) is 17.3 Å². The van der Waals surface area contributed by atoms with Gasteiger partial charge < -0.3 is 5.73 Å². The number of rotatable bonds is 2. The number of hydrogen-bond donors (Lipinski definition) is 1. The van der Waals surface area contributed by atoms with Crippen LogP contribution in [0.25, 0.3) is 0 Å². The number of carbonyl (C=O) groups is 1. The largest absolute Gasteiger partial charge is 0.368 e. The summed E-state index contributed by atoms with van der Waals surface area (Å²) in [5.74, 6) is 0.740. The number of nitrogens with zero attached hydrogens (tertiary/aromatic N) is 5. The number of aromatic nitrogens is 4. The van der Waals surface area contributed by atoms with Crippen LogP contribution in [0.1, 0.15) is 22.6 Å². The lowest BCUT2D eigenvalue weighted by Gasteiger charge is -2.16. The van der Waals surface area contributed by atoms with Gasteiger partial charge >= 0.3 is 0 Å². The molecule has 1 aliphatic rings. The van der Waals surface area contributed by atoms with Crippen LogP contribution in [0.15, 0.2) is 12.4 Å². The maximum absolute atomic E-state index is 12.1. The van der Waals surface area contributed by atoms with Gasteiger partial charge in [-0.05, 0) is 13.8 Å². The van der Waals surface area contributed by atoms with Crippen molar-refractivity contribution in [2.45, 2.75) is 26.8 Å². The molecule has 0 aromatic carbocycles. The van der Waals surface area contributed by atoms with Gasteiger partial charge in [-0.15, -0.1) is 0 Å². The van der Waals surface area contributed by atoms with E-state index in [2.05, 4.69) is 19.9 Å². The Labute approximate surface area is 115 Å². The van der Waals surface area contributed by atoms with Gasteiger partial charge in [0.15, 0.2) is 0 Å². The maximum Gasteiger partial charge on any atom is 0.233 e. The number of nitrogen functional groups attached to an aromatic ring is 1. The highest BCUT2D eigenvalue weighted by Crippen LogP contribution is 2.30. The lowest BCUT2D eigenvalue weighted by Crippen LogP contribution is -2.27. The van der Waals surface area contributed by atoms with Gasteiger partial charge in [-0.3, -0.25) is 19.7 Å². The molecule has 102 valence electrons. The minimum absolute atomic E-state index is 0.0228. The zero-order chi connectivity index (χ0) is 14.3. The van der Waals surface area contributed by atoms with E-state index in [1.165, 1.54) is 0 Å². The van der Waals surface area contributed by atoms with Crippen molar-refractivity contribution in [2.75, 3.05) is 10.6 Å². The molecule has 0 fully saturated rings. The first kappa shape index (κ1) is 12.5. The van der Waals surface area contributed by atoms with Crippen molar-refractivity contribution < 1.29 is 4.79 Å². The van der Waals surface area contributed by atoms with Crippen LogP contribution in [-0.2, 0) is 17.8 Å². The van der Waals surface area contributed by atoms with Gasteiger partial charge in [0.2, 0.25) is 11.9 Å². The monoisotopic (exact) mass is 270 g/mol. The van der Waals surface area contributed by atoms with Crippen molar-refractivity contribution >= 4 is 17.7 Å². The second-order valence-corrected chi connectivity index (χ2v) is 4.78. The molecule has 7 nitrogen and oxygen atoms in total. The molecule has 1 amide bonds. The molecule has 2 N–H and O–H groups in total. The maximum atomic E-state index is 12.1. The highest BCUT2D eigenvalue weighted by Gasteiger charge is 2.31. The van der Waals surface area contributed by atoms with Gasteiger partial charge in [-0.25, -0.2) is 4.98 Å². The Kier molecular flexibility index (Phi) is 2.81. The van der Waals surface area contributed by atoms with Gasteiger partial charge in [-0.2, -0.15) is 4.98 Å². The van der Waals surface area contributed by atoms with Crippen LogP contribution in [0.5, 0.6) is 0 Å². The first-order valence-corrected chi connectivity index (χ1v) is 6.25. The van der Waals surface area contributed by atoms with E-state index in [1.807, 2.05) is 13.8 Å². The molecule has 0 radical (unpaired) electrons. The van der Waals surface area contributed by atoms with Crippen LogP contribution >= 0.6 is 0 Å². The Bertz CT molecular complexity index is 682. The van der Waals surface area contributed by atoms with Crippen molar-refractivity contribution in [3.63, 3.8) is 0 Å². The average molecular weight is 270 g/mol. The quantitative estimate of drug-likeness (QED) is 0.856. The van der Waals surface area contributed by atoms with Gasteiger partial charge in [-0.1, -0.05) is 0 Å². The third kappa shape index (κ3) is 2.07. The van der Waals surface area contributed by atoms with E-state index in [0.717, 1.165) is 17.0 Å². The van der Waals surface area contributed by atoms with Gasteiger partial charge in [0, 0.05) is 17.5 Å². The molecule has 20 heavy (non-hydrogen) atoms. The zero-order valence-corrected chi connectivity index (χ0v) is 11.3. The van der Waals surface area contributed by atoms with Crippen LogP contribution in [-0.4, -0.2) is 25.8 Å². The number of carbonyl (C=O) groups excluding carboxylic acids is 1.